The molecule has 1 aliphatic rings. The first-order valence-corrected chi connectivity index (χ1v) is 8.12. The average Bonchev–Trinajstić information content (AvgIpc) is 2.88. The number of carbonyl (C=O) groups is 1. The lowest BCUT2D eigenvalue weighted by atomic mass is 9.88. The molecule has 3 rings (SSSR count). The molecule has 2 aromatic rings. The lowest BCUT2D eigenvalue weighted by Crippen LogP contribution is -2.18. The van der Waals surface area contributed by atoms with Gasteiger partial charge in [0.2, 0.25) is 0 Å². The number of rotatable bonds is 5. The number of hydrogen-bond donors (Lipinski definition) is 1. The van der Waals surface area contributed by atoms with E-state index < -0.39 is 5.97 Å². The van der Waals surface area contributed by atoms with Gasteiger partial charge in [-0.1, -0.05) is 24.3 Å². The molecule has 5 heteroatoms. The minimum absolute atomic E-state index is 0.184. The first kappa shape index (κ1) is 15.0. The van der Waals surface area contributed by atoms with E-state index >= 15 is 0 Å². The molecule has 1 aromatic carbocycles. The zero-order valence-corrected chi connectivity index (χ0v) is 13.3. The summed E-state index contributed by atoms with van der Waals surface area (Å²) in [6.07, 6.45) is 8.03. The van der Waals surface area contributed by atoms with Crippen LogP contribution in [0.4, 0.5) is 0 Å². The van der Waals surface area contributed by atoms with Gasteiger partial charge in [-0.15, -0.1) is 0 Å². The van der Waals surface area contributed by atoms with Crippen LogP contribution in [0.1, 0.15) is 36.4 Å². The number of fused-ring (bicyclic) bond motifs is 1. The van der Waals surface area contributed by atoms with E-state index in [0.717, 1.165) is 24.0 Å². The lowest BCUT2D eigenvalue weighted by molar-refractivity contribution is -0.137. The molecule has 0 bridgehead atoms. The minimum Gasteiger partial charge on any atom is -0.481 e. The van der Waals surface area contributed by atoms with Gasteiger partial charge in [-0.25, -0.2) is 0 Å². The quantitative estimate of drug-likeness (QED) is 0.857. The molecule has 1 heterocycles. The van der Waals surface area contributed by atoms with Crippen LogP contribution in [0.3, 0.4) is 0 Å². The number of aryl methyl sites for hydroxylation is 2. The second kappa shape index (κ2) is 6.48. The molecular formula is C17H20N2O2S. The first-order valence-electron chi connectivity index (χ1n) is 7.71. The van der Waals surface area contributed by atoms with Gasteiger partial charge in [-0.2, -0.15) is 0 Å². The maximum Gasteiger partial charge on any atom is 0.303 e. The standard InChI is InChI=1S/C17H20N2O2S/c20-16(21)6-3-9-18-10-11-19(17(18)22)15-8-7-13-4-1-2-5-14(13)12-15/h1-2,4-5,10-11,15H,3,6-9,12H2,(H,20,21). The van der Waals surface area contributed by atoms with Crippen LogP contribution in [-0.4, -0.2) is 20.2 Å². The number of aliphatic carboxylic acids is 1. The number of imidazole rings is 1. The molecule has 0 radical (unpaired) electrons. The summed E-state index contributed by atoms with van der Waals surface area (Å²) in [4.78, 5) is 10.6. The van der Waals surface area contributed by atoms with E-state index in [2.05, 4.69) is 28.8 Å². The second-order valence-electron chi connectivity index (χ2n) is 5.84. The van der Waals surface area contributed by atoms with Crippen LogP contribution in [0, 0.1) is 4.77 Å². The Labute approximate surface area is 135 Å². The van der Waals surface area contributed by atoms with Crippen LogP contribution in [0.5, 0.6) is 0 Å². The predicted octanol–water partition coefficient (Wildman–Crippen LogP) is 3.61. The zero-order chi connectivity index (χ0) is 15.5. The van der Waals surface area contributed by atoms with Gasteiger partial charge in [0, 0.05) is 31.4 Å². The molecule has 0 saturated heterocycles. The van der Waals surface area contributed by atoms with E-state index in [4.69, 9.17) is 17.3 Å². The highest BCUT2D eigenvalue weighted by molar-refractivity contribution is 7.71. The third-order valence-corrected chi connectivity index (χ3v) is 4.82. The third-order valence-electron chi connectivity index (χ3n) is 4.38. The fraction of sp³-hybridized carbons (Fsp3) is 0.412. The topological polar surface area (TPSA) is 47.2 Å². The fourth-order valence-corrected chi connectivity index (χ4v) is 3.55. The number of aromatic nitrogens is 2. The Morgan fingerprint density at radius 3 is 2.82 bits per heavy atom. The molecule has 0 fully saturated rings. The number of benzene rings is 1. The van der Waals surface area contributed by atoms with E-state index in [1.807, 2.05) is 17.0 Å². The van der Waals surface area contributed by atoms with Crippen LogP contribution in [0.2, 0.25) is 0 Å². The Morgan fingerprint density at radius 2 is 2.05 bits per heavy atom. The van der Waals surface area contributed by atoms with Crippen molar-refractivity contribution in [1.82, 2.24) is 9.13 Å². The van der Waals surface area contributed by atoms with Gasteiger partial charge >= 0.3 is 5.97 Å². The van der Waals surface area contributed by atoms with Crippen LogP contribution in [0.25, 0.3) is 0 Å². The largest absolute Gasteiger partial charge is 0.481 e. The monoisotopic (exact) mass is 316 g/mol. The van der Waals surface area contributed by atoms with Crippen molar-refractivity contribution in [2.45, 2.75) is 44.7 Å². The van der Waals surface area contributed by atoms with Crippen LogP contribution >= 0.6 is 12.2 Å². The zero-order valence-electron chi connectivity index (χ0n) is 12.4. The highest BCUT2D eigenvalue weighted by Crippen LogP contribution is 2.29. The highest BCUT2D eigenvalue weighted by atomic mass is 32.1. The van der Waals surface area contributed by atoms with Crippen molar-refractivity contribution in [3.63, 3.8) is 0 Å². The number of nitrogens with zero attached hydrogens (tertiary/aromatic N) is 2. The second-order valence-corrected chi connectivity index (χ2v) is 6.21. The Kier molecular flexibility index (Phi) is 4.43. The molecule has 0 saturated carbocycles. The molecular weight excluding hydrogens is 296 g/mol. The average molecular weight is 316 g/mol. The predicted molar refractivity (Wildman–Crippen MR) is 87.6 cm³/mol. The van der Waals surface area contributed by atoms with Gasteiger partial charge in [-0.05, 0) is 49.0 Å². The van der Waals surface area contributed by atoms with Crippen molar-refractivity contribution < 1.29 is 9.90 Å². The van der Waals surface area contributed by atoms with E-state index in [9.17, 15) is 4.79 Å². The Bertz CT molecular complexity index is 732. The van der Waals surface area contributed by atoms with Gasteiger partial charge in [-0.3, -0.25) is 4.79 Å². The third kappa shape index (κ3) is 3.14. The molecule has 4 nitrogen and oxygen atoms in total. The van der Waals surface area contributed by atoms with Crippen molar-refractivity contribution in [3.8, 4) is 0 Å². The van der Waals surface area contributed by atoms with Crippen LogP contribution in [-0.2, 0) is 24.2 Å². The molecule has 0 spiro atoms. The molecule has 116 valence electrons. The van der Waals surface area contributed by atoms with E-state index in [1.54, 1.807) is 0 Å². The molecule has 1 aromatic heterocycles. The maximum atomic E-state index is 10.6. The SMILES string of the molecule is O=C(O)CCCn1ccn(C2CCc3ccccc3C2)c1=S. The summed E-state index contributed by atoms with van der Waals surface area (Å²) in [6.45, 7) is 0.668. The molecule has 0 aliphatic heterocycles. The Hall–Kier alpha value is -1.88. The van der Waals surface area contributed by atoms with E-state index in [0.29, 0.717) is 19.0 Å². The number of carboxylic acid groups (broad SMARTS) is 1. The smallest absolute Gasteiger partial charge is 0.303 e. The summed E-state index contributed by atoms with van der Waals surface area (Å²) in [7, 11) is 0. The van der Waals surface area contributed by atoms with Crippen molar-refractivity contribution in [3.05, 3.63) is 52.6 Å². The maximum absolute atomic E-state index is 10.6. The summed E-state index contributed by atoms with van der Waals surface area (Å²) in [5, 5.41) is 8.72. The van der Waals surface area contributed by atoms with Crippen LogP contribution in [0.15, 0.2) is 36.7 Å². The highest BCUT2D eigenvalue weighted by Gasteiger charge is 2.20. The van der Waals surface area contributed by atoms with Gasteiger partial charge in [0.1, 0.15) is 0 Å². The van der Waals surface area contributed by atoms with Crippen molar-refractivity contribution in [1.29, 1.82) is 0 Å². The van der Waals surface area contributed by atoms with Gasteiger partial charge in [0.15, 0.2) is 4.77 Å². The Balaban J connectivity index is 1.73. The van der Waals surface area contributed by atoms with Crippen LogP contribution < -0.4 is 0 Å². The Morgan fingerprint density at radius 1 is 1.27 bits per heavy atom. The van der Waals surface area contributed by atoms with Gasteiger partial charge in [0.05, 0.1) is 0 Å². The summed E-state index contributed by atoms with van der Waals surface area (Å²) < 4.78 is 4.96. The molecule has 1 aliphatic carbocycles. The summed E-state index contributed by atoms with van der Waals surface area (Å²) in [5.74, 6) is -0.755. The van der Waals surface area contributed by atoms with E-state index in [1.165, 1.54) is 11.1 Å². The number of hydrogen-bond acceptors (Lipinski definition) is 2. The molecule has 1 atom stereocenters. The summed E-state index contributed by atoms with van der Waals surface area (Å²) in [5.41, 5.74) is 2.87. The van der Waals surface area contributed by atoms with Crippen molar-refractivity contribution in [2.24, 2.45) is 0 Å². The van der Waals surface area contributed by atoms with E-state index in [-0.39, 0.29) is 6.42 Å². The molecule has 1 N–H and O–H groups in total. The summed E-state index contributed by atoms with van der Waals surface area (Å²) >= 11 is 5.56. The molecule has 0 amide bonds. The van der Waals surface area contributed by atoms with Crippen molar-refractivity contribution in [2.75, 3.05) is 0 Å². The lowest BCUT2D eigenvalue weighted by Gasteiger charge is -2.25. The molecule has 1 unspecified atom stereocenters. The first-order chi connectivity index (χ1) is 10.6. The van der Waals surface area contributed by atoms with Crippen molar-refractivity contribution >= 4 is 18.2 Å². The number of carboxylic acids is 1. The molecule has 22 heavy (non-hydrogen) atoms. The fourth-order valence-electron chi connectivity index (χ4n) is 3.19. The summed E-state index contributed by atoms with van der Waals surface area (Å²) in [6, 6.07) is 9.01. The normalized spacial score (nSPS) is 17.2. The van der Waals surface area contributed by atoms with Gasteiger partial charge < -0.3 is 14.2 Å². The van der Waals surface area contributed by atoms with Gasteiger partial charge in [0.25, 0.3) is 0 Å². The minimum atomic E-state index is -0.755.